The van der Waals surface area contributed by atoms with Crippen molar-refractivity contribution in [1.82, 2.24) is 9.97 Å². The molecule has 0 saturated heterocycles. The molecule has 18 heavy (non-hydrogen) atoms. The fraction of sp³-hybridized carbons (Fsp3) is 0.167. The van der Waals surface area contributed by atoms with Gasteiger partial charge in [-0.2, -0.15) is 4.98 Å². The smallest absolute Gasteiger partial charge is 0.243 e. The predicted molar refractivity (Wildman–Crippen MR) is 68.7 cm³/mol. The van der Waals surface area contributed by atoms with Crippen molar-refractivity contribution in [1.29, 1.82) is 0 Å². The highest BCUT2D eigenvalue weighted by atomic mass is 35.5. The fourth-order valence-electron chi connectivity index (χ4n) is 1.41. The maximum absolute atomic E-state index is 5.92. The van der Waals surface area contributed by atoms with Gasteiger partial charge in [0.2, 0.25) is 11.8 Å². The third-order valence-electron chi connectivity index (χ3n) is 2.15. The molecule has 0 spiro atoms. The van der Waals surface area contributed by atoms with Crippen LogP contribution in [0.25, 0.3) is 0 Å². The van der Waals surface area contributed by atoms with Crippen LogP contribution >= 0.6 is 11.6 Å². The number of halogens is 1. The highest BCUT2D eigenvalue weighted by molar-refractivity contribution is 6.31. The molecule has 2 rings (SSSR count). The van der Waals surface area contributed by atoms with Crippen LogP contribution in [0.4, 0.5) is 5.95 Å². The van der Waals surface area contributed by atoms with Gasteiger partial charge < -0.3 is 15.2 Å². The third kappa shape index (κ3) is 3.09. The Morgan fingerprint density at radius 1 is 1.39 bits per heavy atom. The van der Waals surface area contributed by atoms with Crippen LogP contribution in [0.3, 0.4) is 0 Å². The van der Waals surface area contributed by atoms with Crippen molar-refractivity contribution < 1.29 is 9.47 Å². The second-order valence-electron chi connectivity index (χ2n) is 3.56. The molecule has 0 fully saturated rings. The molecule has 5 nitrogen and oxygen atoms in total. The quantitative estimate of drug-likeness (QED) is 0.920. The summed E-state index contributed by atoms with van der Waals surface area (Å²) >= 11 is 5.92. The summed E-state index contributed by atoms with van der Waals surface area (Å²) < 4.78 is 10.6. The van der Waals surface area contributed by atoms with E-state index in [9.17, 15) is 0 Å². The SMILES string of the molecule is COCc1cccc(Oc2nc(N)ncc2Cl)c1. The van der Waals surface area contributed by atoms with E-state index in [1.165, 1.54) is 6.20 Å². The van der Waals surface area contributed by atoms with E-state index in [0.717, 1.165) is 5.56 Å². The van der Waals surface area contributed by atoms with Gasteiger partial charge in [-0.25, -0.2) is 4.98 Å². The van der Waals surface area contributed by atoms with Crippen molar-refractivity contribution in [2.45, 2.75) is 6.61 Å². The summed E-state index contributed by atoms with van der Waals surface area (Å²) in [6.07, 6.45) is 1.40. The van der Waals surface area contributed by atoms with E-state index in [0.29, 0.717) is 17.4 Å². The minimum atomic E-state index is 0.113. The third-order valence-corrected chi connectivity index (χ3v) is 2.41. The minimum Gasteiger partial charge on any atom is -0.437 e. The molecular formula is C12H12ClN3O2. The van der Waals surface area contributed by atoms with Gasteiger partial charge in [0.15, 0.2) is 0 Å². The Bertz CT molecular complexity index is 549. The number of methoxy groups -OCH3 is 1. The van der Waals surface area contributed by atoms with Crippen LogP contribution in [0, 0.1) is 0 Å². The number of nitrogen functional groups attached to an aromatic ring is 1. The molecular weight excluding hydrogens is 254 g/mol. The molecule has 6 heteroatoms. The van der Waals surface area contributed by atoms with Crippen LogP contribution in [0.1, 0.15) is 5.56 Å². The molecule has 94 valence electrons. The summed E-state index contributed by atoms with van der Waals surface area (Å²) in [4.78, 5) is 7.69. The standard InChI is InChI=1S/C12H12ClN3O2/c1-17-7-8-3-2-4-9(5-8)18-11-10(13)6-15-12(14)16-11/h2-6H,7H2,1H3,(H2,14,15,16). The lowest BCUT2D eigenvalue weighted by Gasteiger charge is -2.08. The number of hydrogen-bond acceptors (Lipinski definition) is 5. The maximum atomic E-state index is 5.92. The minimum absolute atomic E-state index is 0.113. The average Bonchev–Trinajstić information content (AvgIpc) is 2.35. The first-order chi connectivity index (χ1) is 8.69. The van der Waals surface area contributed by atoms with Crippen molar-refractivity contribution in [3.63, 3.8) is 0 Å². The van der Waals surface area contributed by atoms with Gasteiger partial charge in [-0.1, -0.05) is 23.7 Å². The number of ether oxygens (including phenoxy) is 2. The van der Waals surface area contributed by atoms with Gasteiger partial charge in [-0.05, 0) is 17.7 Å². The molecule has 0 atom stereocenters. The van der Waals surface area contributed by atoms with Crippen LogP contribution in [-0.4, -0.2) is 17.1 Å². The Kier molecular flexibility index (Phi) is 3.96. The summed E-state index contributed by atoms with van der Waals surface area (Å²) in [6, 6.07) is 7.44. The lowest BCUT2D eigenvalue weighted by Crippen LogP contribution is -1.97. The molecule has 2 N–H and O–H groups in total. The summed E-state index contributed by atoms with van der Waals surface area (Å²) in [6.45, 7) is 0.511. The molecule has 0 aliphatic heterocycles. The number of anilines is 1. The van der Waals surface area contributed by atoms with E-state index >= 15 is 0 Å². The average molecular weight is 266 g/mol. The summed E-state index contributed by atoms with van der Waals surface area (Å²) in [5, 5.41) is 0.307. The largest absolute Gasteiger partial charge is 0.437 e. The first-order valence-corrected chi connectivity index (χ1v) is 5.60. The molecule has 1 aromatic carbocycles. The van der Waals surface area contributed by atoms with Crippen molar-refractivity contribution in [3.05, 3.63) is 41.0 Å². The van der Waals surface area contributed by atoms with Gasteiger partial charge in [0.25, 0.3) is 0 Å². The molecule has 0 radical (unpaired) electrons. The van der Waals surface area contributed by atoms with Gasteiger partial charge in [0.1, 0.15) is 10.8 Å². The lowest BCUT2D eigenvalue weighted by molar-refractivity contribution is 0.184. The van der Waals surface area contributed by atoms with E-state index < -0.39 is 0 Å². The van der Waals surface area contributed by atoms with Crippen LogP contribution in [0.15, 0.2) is 30.5 Å². The molecule has 2 aromatic rings. The number of rotatable bonds is 4. The van der Waals surface area contributed by atoms with Gasteiger partial charge in [-0.3, -0.25) is 0 Å². The summed E-state index contributed by atoms with van der Waals surface area (Å²) in [5.74, 6) is 0.964. The second kappa shape index (κ2) is 5.66. The number of nitrogens with two attached hydrogens (primary N) is 1. The summed E-state index contributed by atoms with van der Waals surface area (Å²) in [5.41, 5.74) is 6.47. The number of nitrogens with zero attached hydrogens (tertiary/aromatic N) is 2. The molecule has 1 aromatic heterocycles. The summed E-state index contributed by atoms with van der Waals surface area (Å²) in [7, 11) is 1.63. The van der Waals surface area contributed by atoms with Crippen LogP contribution < -0.4 is 10.5 Å². The molecule has 0 saturated carbocycles. The zero-order valence-corrected chi connectivity index (χ0v) is 10.5. The zero-order valence-electron chi connectivity index (χ0n) is 9.76. The van der Waals surface area contributed by atoms with Gasteiger partial charge in [0, 0.05) is 7.11 Å². The Labute approximate surface area is 110 Å². The molecule has 0 amide bonds. The number of aromatic nitrogens is 2. The first-order valence-electron chi connectivity index (χ1n) is 5.23. The van der Waals surface area contributed by atoms with E-state index in [2.05, 4.69) is 9.97 Å². The molecule has 0 unspecified atom stereocenters. The molecule has 0 bridgehead atoms. The highest BCUT2D eigenvalue weighted by Gasteiger charge is 2.07. The monoisotopic (exact) mass is 265 g/mol. The molecule has 0 aliphatic carbocycles. The van der Waals surface area contributed by atoms with Gasteiger partial charge in [-0.15, -0.1) is 0 Å². The molecule has 0 aliphatic rings. The first kappa shape index (κ1) is 12.6. The Morgan fingerprint density at radius 2 is 2.22 bits per heavy atom. The van der Waals surface area contributed by atoms with Crippen molar-refractivity contribution in [2.75, 3.05) is 12.8 Å². The van der Waals surface area contributed by atoms with Crippen LogP contribution in [0.2, 0.25) is 5.02 Å². The van der Waals surface area contributed by atoms with Gasteiger partial charge in [0.05, 0.1) is 12.8 Å². The van der Waals surface area contributed by atoms with Crippen molar-refractivity contribution in [3.8, 4) is 11.6 Å². The van der Waals surface area contributed by atoms with E-state index in [1.54, 1.807) is 13.2 Å². The predicted octanol–water partition coefficient (Wildman–Crippen LogP) is 2.65. The fourth-order valence-corrected chi connectivity index (χ4v) is 1.54. The number of benzene rings is 1. The van der Waals surface area contributed by atoms with Crippen molar-refractivity contribution in [2.24, 2.45) is 0 Å². The zero-order chi connectivity index (χ0) is 13.0. The number of hydrogen-bond donors (Lipinski definition) is 1. The van der Waals surface area contributed by atoms with Crippen LogP contribution in [-0.2, 0) is 11.3 Å². The Morgan fingerprint density at radius 3 is 3.00 bits per heavy atom. The van der Waals surface area contributed by atoms with E-state index in [1.807, 2.05) is 18.2 Å². The normalized spacial score (nSPS) is 10.3. The molecule has 1 heterocycles. The highest BCUT2D eigenvalue weighted by Crippen LogP contribution is 2.27. The lowest BCUT2D eigenvalue weighted by atomic mass is 10.2. The maximum Gasteiger partial charge on any atom is 0.243 e. The topological polar surface area (TPSA) is 70.3 Å². The van der Waals surface area contributed by atoms with Crippen LogP contribution in [0.5, 0.6) is 11.6 Å². The van der Waals surface area contributed by atoms with Gasteiger partial charge >= 0.3 is 0 Å². The van der Waals surface area contributed by atoms with E-state index in [-0.39, 0.29) is 11.8 Å². The van der Waals surface area contributed by atoms with E-state index in [4.69, 9.17) is 26.8 Å². The van der Waals surface area contributed by atoms with Crippen molar-refractivity contribution >= 4 is 17.5 Å². The Hall–Kier alpha value is -1.85. The Balaban J connectivity index is 2.22. The second-order valence-corrected chi connectivity index (χ2v) is 3.97.